The molecule has 3 rings (SSSR count). The Morgan fingerprint density at radius 1 is 1.24 bits per heavy atom. The lowest BCUT2D eigenvalue weighted by atomic mass is 10.1. The first-order valence-electron chi connectivity index (χ1n) is 5.32. The summed E-state index contributed by atoms with van der Waals surface area (Å²) in [6.07, 6.45) is 3.10. The summed E-state index contributed by atoms with van der Waals surface area (Å²) < 4.78 is 1.63. The lowest BCUT2D eigenvalue weighted by Crippen LogP contribution is -2.07. The van der Waals surface area contributed by atoms with Crippen molar-refractivity contribution in [3.05, 3.63) is 48.5 Å². The molecule has 0 amide bonds. The van der Waals surface area contributed by atoms with Crippen LogP contribution in [0.25, 0.3) is 16.7 Å². The van der Waals surface area contributed by atoms with Crippen molar-refractivity contribution >= 4 is 10.9 Å². The van der Waals surface area contributed by atoms with Crippen molar-refractivity contribution < 1.29 is 0 Å². The van der Waals surface area contributed by atoms with Crippen LogP contribution in [0.4, 0.5) is 0 Å². The van der Waals surface area contributed by atoms with E-state index < -0.39 is 0 Å². The number of nitrogens with two attached hydrogens (primary N) is 1. The second-order valence-electron chi connectivity index (χ2n) is 3.71. The molecule has 0 atom stereocenters. The van der Waals surface area contributed by atoms with Crippen LogP contribution in [0.5, 0.6) is 0 Å². The number of benzene rings is 1. The van der Waals surface area contributed by atoms with Gasteiger partial charge in [0, 0.05) is 17.5 Å². The quantitative estimate of drug-likeness (QED) is 0.713. The molecule has 0 aliphatic rings. The maximum absolute atomic E-state index is 5.75. The highest BCUT2D eigenvalue weighted by Gasteiger charge is 2.07. The Bertz CT molecular complexity index is 645. The summed E-state index contributed by atoms with van der Waals surface area (Å²) in [6, 6.07) is 9.98. The van der Waals surface area contributed by atoms with Crippen molar-refractivity contribution in [1.82, 2.24) is 19.7 Å². The lowest BCUT2D eigenvalue weighted by Gasteiger charge is -2.08. The highest BCUT2D eigenvalue weighted by molar-refractivity contribution is 5.80. The van der Waals surface area contributed by atoms with Gasteiger partial charge in [0.05, 0.1) is 5.52 Å². The lowest BCUT2D eigenvalue weighted by molar-refractivity contribution is 0.829. The number of nitrogens with zero attached hydrogens (tertiary/aromatic N) is 4. The van der Waals surface area contributed by atoms with Gasteiger partial charge in [-0.3, -0.25) is 0 Å². The van der Waals surface area contributed by atoms with E-state index in [-0.39, 0.29) is 0 Å². The molecule has 0 aliphatic carbocycles. The number of fused-ring (bicyclic) bond motifs is 1. The topological polar surface area (TPSA) is 69.6 Å². The largest absolute Gasteiger partial charge is 0.326 e. The molecule has 3 aromatic rings. The smallest absolute Gasteiger partial charge is 0.160 e. The summed E-state index contributed by atoms with van der Waals surface area (Å²) in [5.74, 6) is 0.740. The fraction of sp³-hybridized carbons (Fsp3) is 0.0833. The van der Waals surface area contributed by atoms with Crippen LogP contribution in [0.3, 0.4) is 0 Å². The molecule has 5 heteroatoms. The molecule has 1 aromatic carbocycles. The number of hydrogen-bond donors (Lipinski definition) is 1. The highest BCUT2D eigenvalue weighted by atomic mass is 15.3. The number of rotatable bonds is 2. The molecule has 0 saturated carbocycles. The SMILES string of the molecule is NCc1cc2ccccc2nc1-n1cncn1. The molecule has 0 spiro atoms. The molecule has 0 aliphatic heterocycles. The number of para-hydroxylation sites is 1. The van der Waals surface area contributed by atoms with E-state index in [0.29, 0.717) is 6.54 Å². The van der Waals surface area contributed by atoms with Crippen LogP contribution in [0.2, 0.25) is 0 Å². The van der Waals surface area contributed by atoms with Crippen LogP contribution in [-0.4, -0.2) is 19.7 Å². The Kier molecular flexibility index (Phi) is 2.31. The number of hydrogen-bond acceptors (Lipinski definition) is 4. The molecule has 0 radical (unpaired) electrons. The summed E-state index contributed by atoms with van der Waals surface area (Å²) in [5.41, 5.74) is 7.63. The summed E-state index contributed by atoms with van der Waals surface area (Å²) >= 11 is 0. The second kappa shape index (κ2) is 3.95. The monoisotopic (exact) mass is 225 g/mol. The van der Waals surface area contributed by atoms with Crippen LogP contribution < -0.4 is 5.73 Å². The molecule has 17 heavy (non-hydrogen) atoms. The number of aromatic nitrogens is 4. The van der Waals surface area contributed by atoms with Gasteiger partial charge in [0.25, 0.3) is 0 Å². The fourth-order valence-electron chi connectivity index (χ4n) is 1.82. The van der Waals surface area contributed by atoms with Crippen LogP contribution in [0, 0.1) is 0 Å². The first-order chi connectivity index (χ1) is 8.38. The molecule has 2 aromatic heterocycles. The molecular weight excluding hydrogens is 214 g/mol. The minimum atomic E-state index is 0.424. The van der Waals surface area contributed by atoms with Gasteiger partial charge in [0.2, 0.25) is 0 Å². The minimum absolute atomic E-state index is 0.424. The zero-order valence-electron chi connectivity index (χ0n) is 9.11. The Balaban J connectivity index is 2.29. The van der Waals surface area contributed by atoms with Crippen molar-refractivity contribution in [2.75, 3.05) is 0 Å². The van der Waals surface area contributed by atoms with Gasteiger partial charge in [-0.1, -0.05) is 18.2 Å². The predicted molar refractivity (Wildman–Crippen MR) is 64.6 cm³/mol. The molecule has 0 unspecified atom stereocenters. The van der Waals surface area contributed by atoms with Crippen LogP contribution in [0.15, 0.2) is 43.0 Å². The molecule has 0 fully saturated rings. The van der Waals surface area contributed by atoms with E-state index in [1.807, 2.05) is 30.3 Å². The Hall–Kier alpha value is -2.27. The van der Waals surface area contributed by atoms with Gasteiger partial charge in [-0.05, 0) is 12.1 Å². The normalized spacial score (nSPS) is 10.9. The van der Waals surface area contributed by atoms with Gasteiger partial charge in [-0.15, -0.1) is 0 Å². The van der Waals surface area contributed by atoms with Gasteiger partial charge >= 0.3 is 0 Å². The van der Waals surface area contributed by atoms with Crippen molar-refractivity contribution in [3.63, 3.8) is 0 Å². The van der Waals surface area contributed by atoms with E-state index in [0.717, 1.165) is 22.3 Å². The summed E-state index contributed by atoms with van der Waals surface area (Å²) in [7, 11) is 0. The summed E-state index contributed by atoms with van der Waals surface area (Å²) in [6.45, 7) is 0.424. The fourth-order valence-corrected chi connectivity index (χ4v) is 1.82. The van der Waals surface area contributed by atoms with Crippen molar-refractivity contribution in [1.29, 1.82) is 0 Å². The number of pyridine rings is 1. The average molecular weight is 225 g/mol. The minimum Gasteiger partial charge on any atom is -0.326 e. The Labute approximate surface area is 97.9 Å². The van der Waals surface area contributed by atoms with E-state index in [9.17, 15) is 0 Å². The van der Waals surface area contributed by atoms with Gasteiger partial charge in [-0.25, -0.2) is 14.6 Å². The van der Waals surface area contributed by atoms with Crippen molar-refractivity contribution in [2.24, 2.45) is 5.73 Å². The maximum atomic E-state index is 5.75. The van der Waals surface area contributed by atoms with Gasteiger partial charge in [-0.2, -0.15) is 5.10 Å². The van der Waals surface area contributed by atoms with Crippen molar-refractivity contribution in [3.8, 4) is 5.82 Å². The third-order valence-electron chi connectivity index (χ3n) is 2.64. The maximum Gasteiger partial charge on any atom is 0.160 e. The third-order valence-corrected chi connectivity index (χ3v) is 2.64. The first-order valence-corrected chi connectivity index (χ1v) is 5.32. The third kappa shape index (κ3) is 1.66. The van der Waals surface area contributed by atoms with E-state index in [1.165, 1.54) is 6.33 Å². The molecule has 0 bridgehead atoms. The van der Waals surface area contributed by atoms with Gasteiger partial charge in [0.15, 0.2) is 5.82 Å². The zero-order valence-corrected chi connectivity index (χ0v) is 9.11. The molecule has 0 saturated heterocycles. The van der Waals surface area contributed by atoms with Gasteiger partial charge in [0.1, 0.15) is 12.7 Å². The van der Waals surface area contributed by atoms with Crippen LogP contribution in [0.1, 0.15) is 5.56 Å². The van der Waals surface area contributed by atoms with E-state index in [1.54, 1.807) is 11.0 Å². The summed E-state index contributed by atoms with van der Waals surface area (Å²) in [4.78, 5) is 8.49. The molecule has 5 nitrogen and oxygen atoms in total. The van der Waals surface area contributed by atoms with Gasteiger partial charge < -0.3 is 5.73 Å². The first kappa shape index (κ1) is 9.92. The van der Waals surface area contributed by atoms with E-state index in [4.69, 9.17) is 5.73 Å². The molecule has 2 heterocycles. The molecule has 2 N–H and O–H groups in total. The second-order valence-corrected chi connectivity index (χ2v) is 3.71. The van der Waals surface area contributed by atoms with Crippen LogP contribution in [-0.2, 0) is 6.54 Å². The Morgan fingerprint density at radius 2 is 2.12 bits per heavy atom. The molecular formula is C12H11N5. The average Bonchev–Trinajstić information content (AvgIpc) is 2.91. The molecule has 84 valence electrons. The summed E-state index contributed by atoms with van der Waals surface area (Å²) in [5, 5.41) is 5.17. The van der Waals surface area contributed by atoms with E-state index >= 15 is 0 Å². The zero-order chi connectivity index (χ0) is 11.7. The predicted octanol–water partition coefficient (Wildman–Crippen LogP) is 1.27. The standard InChI is InChI=1S/C12H11N5/c13-6-10-5-9-3-1-2-4-11(9)16-12(10)17-8-14-7-15-17/h1-5,7-8H,6,13H2. The van der Waals surface area contributed by atoms with Crippen molar-refractivity contribution in [2.45, 2.75) is 6.54 Å². The Morgan fingerprint density at radius 3 is 2.88 bits per heavy atom. The van der Waals surface area contributed by atoms with E-state index in [2.05, 4.69) is 15.1 Å². The van der Waals surface area contributed by atoms with Crippen LogP contribution >= 0.6 is 0 Å². The highest BCUT2D eigenvalue weighted by Crippen LogP contribution is 2.18.